The van der Waals surface area contributed by atoms with Gasteiger partial charge in [-0.1, -0.05) is 12.1 Å². The normalized spacial score (nSPS) is 13.6. The summed E-state index contributed by atoms with van der Waals surface area (Å²) < 4.78 is 0. The van der Waals surface area contributed by atoms with E-state index in [2.05, 4.69) is 5.32 Å². The van der Waals surface area contributed by atoms with Crippen LogP contribution in [0.4, 0.5) is 5.69 Å². The highest BCUT2D eigenvalue weighted by Crippen LogP contribution is 2.17. The van der Waals surface area contributed by atoms with Gasteiger partial charge in [-0.05, 0) is 19.2 Å². The molecule has 0 aliphatic carbocycles. The molecule has 104 valence electrons. The maximum absolute atomic E-state index is 11.9. The second-order valence-electron chi connectivity index (χ2n) is 4.39. The number of hydrogen-bond donors (Lipinski definition) is 2. The number of benzene rings is 1. The Morgan fingerprint density at radius 1 is 1.53 bits per heavy atom. The third-order valence-corrected chi connectivity index (χ3v) is 3.34. The molecular weight excluding hydrogens is 268 g/mol. The molecule has 1 rings (SSSR count). The summed E-state index contributed by atoms with van der Waals surface area (Å²) in [6, 6.07) is 5.71. The van der Waals surface area contributed by atoms with Crippen LogP contribution >= 0.6 is 11.8 Å². The van der Waals surface area contributed by atoms with Gasteiger partial charge in [0, 0.05) is 18.4 Å². The van der Waals surface area contributed by atoms with E-state index in [1.54, 1.807) is 13.0 Å². The summed E-state index contributed by atoms with van der Waals surface area (Å²) in [5.41, 5.74) is -1.30. The van der Waals surface area contributed by atoms with E-state index in [-0.39, 0.29) is 17.8 Å². The number of amides is 1. The molecule has 1 aromatic rings. The van der Waals surface area contributed by atoms with Crippen LogP contribution in [0.15, 0.2) is 24.3 Å². The number of nitro benzene ring substituents is 1. The number of nitro groups is 1. The number of para-hydroxylation sites is 1. The number of nitrogens with zero attached hydrogens (tertiary/aromatic N) is 1. The largest absolute Gasteiger partial charge is 0.387 e. The van der Waals surface area contributed by atoms with E-state index in [0.717, 1.165) is 0 Å². The zero-order valence-electron chi connectivity index (χ0n) is 10.8. The van der Waals surface area contributed by atoms with E-state index in [1.807, 2.05) is 6.26 Å². The molecular formula is C12H16N2O4S. The zero-order chi connectivity index (χ0) is 14.5. The van der Waals surface area contributed by atoms with Gasteiger partial charge in [0.25, 0.3) is 11.6 Å². The molecule has 0 aliphatic rings. The van der Waals surface area contributed by atoms with E-state index >= 15 is 0 Å². The topological polar surface area (TPSA) is 92.5 Å². The molecule has 7 heteroatoms. The predicted octanol–water partition coefficient (Wildman–Crippen LogP) is 1.44. The molecule has 1 atom stereocenters. The number of carbonyl (C=O) groups excluding carboxylic acids is 1. The lowest BCUT2D eigenvalue weighted by Crippen LogP contribution is -2.42. The van der Waals surface area contributed by atoms with Crippen LogP contribution in [0.25, 0.3) is 0 Å². The Labute approximate surface area is 115 Å². The van der Waals surface area contributed by atoms with Crippen LogP contribution in [0.1, 0.15) is 17.3 Å². The molecule has 0 aliphatic heterocycles. The Morgan fingerprint density at radius 3 is 2.74 bits per heavy atom. The molecule has 0 heterocycles. The van der Waals surface area contributed by atoms with Gasteiger partial charge < -0.3 is 10.4 Å². The van der Waals surface area contributed by atoms with Crippen molar-refractivity contribution in [1.29, 1.82) is 0 Å². The molecule has 0 radical (unpaired) electrons. The summed E-state index contributed by atoms with van der Waals surface area (Å²) in [5.74, 6) is -0.0989. The zero-order valence-corrected chi connectivity index (χ0v) is 11.6. The van der Waals surface area contributed by atoms with Crippen LogP contribution in [-0.4, -0.2) is 40.1 Å². The monoisotopic (exact) mass is 284 g/mol. The first kappa shape index (κ1) is 15.5. The molecule has 0 saturated heterocycles. The van der Waals surface area contributed by atoms with Crippen molar-refractivity contribution < 1.29 is 14.8 Å². The molecule has 6 nitrogen and oxygen atoms in total. The third-order valence-electron chi connectivity index (χ3n) is 2.43. The summed E-state index contributed by atoms with van der Waals surface area (Å²) in [6.07, 6.45) is 1.85. The molecule has 0 fully saturated rings. The number of rotatable bonds is 6. The summed E-state index contributed by atoms with van der Waals surface area (Å²) in [6.45, 7) is 1.64. The Bertz CT molecular complexity index is 477. The highest BCUT2D eigenvalue weighted by molar-refractivity contribution is 7.98. The molecule has 0 saturated carbocycles. The van der Waals surface area contributed by atoms with Gasteiger partial charge in [0.05, 0.1) is 10.5 Å². The van der Waals surface area contributed by atoms with Crippen molar-refractivity contribution in [3.63, 3.8) is 0 Å². The second-order valence-corrected chi connectivity index (χ2v) is 5.25. The van der Waals surface area contributed by atoms with Gasteiger partial charge >= 0.3 is 0 Å². The Balaban J connectivity index is 2.77. The number of aliphatic hydroxyl groups is 1. The van der Waals surface area contributed by atoms with E-state index in [1.165, 1.54) is 30.0 Å². The molecule has 19 heavy (non-hydrogen) atoms. The number of carbonyl (C=O) groups is 1. The average Bonchev–Trinajstić information content (AvgIpc) is 2.36. The summed E-state index contributed by atoms with van der Waals surface area (Å²) in [7, 11) is 0. The minimum Gasteiger partial charge on any atom is -0.387 e. The van der Waals surface area contributed by atoms with Gasteiger partial charge in [-0.2, -0.15) is 11.8 Å². The fourth-order valence-electron chi connectivity index (χ4n) is 1.55. The van der Waals surface area contributed by atoms with Gasteiger partial charge in [-0.25, -0.2) is 0 Å². The Kier molecular flexibility index (Phi) is 5.31. The van der Waals surface area contributed by atoms with Crippen LogP contribution in [0.2, 0.25) is 0 Å². The lowest BCUT2D eigenvalue weighted by Gasteiger charge is -2.22. The smallest absolute Gasteiger partial charge is 0.282 e. The lowest BCUT2D eigenvalue weighted by atomic mass is 10.1. The van der Waals surface area contributed by atoms with Crippen molar-refractivity contribution in [3.05, 3.63) is 39.9 Å². The fourth-order valence-corrected chi connectivity index (χ4v) is 2.28. The molecule has 0 spiro atoms. The number of thioether (sulfide) groups is 1. The summed E-state index contributed by atoms with van der Waals surface area (Å²) in [5, 5.41) is 23.2. The summed E-state index contributed by atoms with van der Waals surface area (Å²) in [4.78, 5) is 22.1. The standard InChI is InChI=1S/C12H16N2O4S/c1-12(16,8-19-2)7-13-11(15)9-5-3-4-6-10(9)14(17)18/h3-6,16H,7-8H2,1-2H3,(H,13,15). The van der Waals surface area contributed by atoms with Gasteiger partial charge in [-0.3, -0.25) is 14.9 Å². The fraction of sp³-hybridized carbons (Fsp3) is 0.417. The van der Waals surface area contributed by atoms with E-state index in [9.17, 15) is 20.0 Å². The minimum absolute atomic E-state index is 0.00699. The summed E-state index contributed by atoms with van der Waals surface area (Å²) >= 11 is 1.45. The third kappa shape index (κ3) is 4.53. The van der Waals surface area contributed by atoms with Crippen LogP contribution in [-0.2, 0) is 0 Å². The van der Waals surface area contributed by atoms with Crippen LogP contribution < -0.4 is 5.32 Å². The SMILES string of the molecule is CSCC(C)(O)CNC(=O)c1ccccc1[N+](=O)[O-]. The number of nitrogens with one attached hydrogen (secondary N) is 1. The van der Waals surface area contributed by atoms with Crippen molar-refractivity contribution >= 4 is 23.4 Å². The maximum Gasteiger partial charge on any atom is 0.282 e. The first-order valence-electron chi connectivity index (χ1n) is 5.60. The van der Waals surface area contributed by atoms with E-state index < -0.39 is 16.4 Å². The lowest BCUT2D eigenvalue weighted by molar-refractivity contribution is -0.385. The predicted molar refractivity (Wildman–Crippen MR) is 74.4 cm³/mol. The molecule has 0 aromatic heterocycles. The van der Waals surface area contributed by atoms with Crippen molar-refractivity contribution in [2.45, 2.75) is 12.5 Å². The quantitative estimate of drug-likeness (QED) is 0.609. The first-order valence-corrected chi connectivity index (χ1v) is 7.00. The maximum atomic E-state index is 11.9. The molecule has 1 amide bonds. The van der Waals surface area contributed by atoms with Crippen LogP contribution in [0.3, 0.4) is 0 Å². The molecule has 2 N–H and O–H groups in total. The van der Waals surface area contributed by atoms with Gasteiger partial charge in [0.1, 0.15) is 5.56 Å². The Morgan fingerprint density at radius 2 is 2.16 bits per heavy atom. The first-order chi connectivity index (χ1) is 8.87. The van der Waals surface area contributed by atoms with Crippen molar-refractivity contribution in [3.8, 4) is 0 Å². The Hall–Kier alpha value is -1.60. The second kappa shape index (κ2) is 6.53. The van der Waals surface area contributed by atoms with Gasteiger partial charge in [0.15, 0.2) is 0 Å². The van der Waals surface area contributed by atoms with E-state index in [0.29, 0.717) is 5.75 Å². The van der Waals surface area contributed by atoms with Crippen molar-refractivity contribution in [1.82, 2.24) is 5.32 Å². The average molecular weight is 284 g/mol. The highest BCUT2D eigenvalue weighted by Gasteiger charge is 2.23. The van der Waals surface area contributed by atoms with Gasteiger partial charge in [0.2, 0.25) is 0 Å². The van der Waals surface area contributed by atoms with Crippen molar-refractivity contribution in [2.75, 3.05) is 18.6 Å². The van der Waals surface area contributed by atoms with Crippen LogP contribution in [0.5, 0.6) is 0 Å². The minimum atomic E-state index is -1.04. The molecule has 0 bridgehead atoms. The van der Waals surface area contributed by atoms with Crippen LogP contribution in [0, 0.1) is 10.1 Å². The highest BCUT2D eigenvalue weighted by atomic mass is 32.2. The van der Waals surface area contributed by atoms with E-state index in [4.69, 9.17) is 0 Å². The van der Waals surface area contributed by atoms with Crippen molar-refractivity contribution in [2.24, 2.45) is 0 Å². The molecule has 1 aromatic carbocycles. The number of hydrogen-bond acceptors (Lipinski definition) is 5. The molecule has 1 unspecified atom stereocenters. The van der Waals surface area contributed by atoms with Gasteiger partial charge in [-0.15, -0.1) is 0 Å².